The number of nitrogens with zero attached hydrogens (tertiary/aromatic N) is 4. The van der Waals surface area contributed by atoms with Crippen LogP contribution < -0.4 is 4.90 Å². The molecule has 18 heavy (non-hydrogen) atoms. The molecule has 0 amide bonds. The molecule has 1 saturated heterocycles. The summed E-state index contributed by atoms with van der Waals surface area (Å²) in [4.78, 5) is 2.32. The van der Waals surface area contributed by atoms with Crippen molar-refractivity contribution >= 4 is 11.4 Å². The molecule has 98 valence electrons. The largest absolute Gasteiger partial charge is 0.372 e. The van der Waals surface area contributed by atoms with Gasteiger partial charge in [-0.3, -0.25) is 5.01 Å². The molecule has 0 unspecified atom stereocenters. The molecule has 0 spiro atoms. The SMILES string of the molecule is CCN(CC)c1ccc(N=NN2CCCC2)cc1. The van der Waals surface area contributed by atoms with E-state index in [1.807, 2.05) is 17.1 Å². The highest BCUT2D eigenvalue weighted by atomic mass is 15.5. The van der Waals surface area contributed by atoms with Crippen LogP contribution in [0.4, 0.5) is 11.4 Å². The van der Waals surface area contributed by atoms with E-state index in [0.717, 1.165) is 31.9 Å². The summed E-state index contributed by atoms with van der Waals surface area (Å²) >= 11 is 0. The van der Waals surface area contributed by atoms with E-state index in [1.54, 1.807) is 0 Å². The van der Waals surface area contributed by atoms with Gasteiger partial charge in [0.25, 0.3) is 0 Å². The number of hydrogen-bond acceptors (Lipinski definition) is 3. The first-order valence-corrected chi connectivity index (χ1v) is 6.85. The highest BCUT2D eigenvalue weighted by molar-refractivity contribution is 5.52. The van der Waals surface area contributed by atoms with E-state index in [4.69, 9.17) is 0 Å². The predicted molar refractivity (Wildman–Crippen MR) is 75.3 cm³/mol. The van der Waals surface area contributed by atoms with Crippen LogP contribution in [0.25, 0.3) is 0 Å². The lowest BCUT2D eigenvalue weighted by molar-refractivity contribution is 0.336. The average molecular weight is 246 g/mol. The van der Waals surface area contributed by atoms with Gasteiger partial charge in [0, 0.05) is 31.9 Å². The van der Waals surface area contributed by atoms with E-state index >= 15 is 0 Å². The standard InChI is InChI=1S/C14H22N4/c1-3-17(4-2)14-9-7-13(8-10-14)15-16-18-11-5-6-12-18/h7-10H,3-6,11-12H2,1-2H3. The summed E-state index contributed by atoms with van der Waals surface area (Å²) in [7, 11) is 0. The van der Waals surface area contributed by atoms with Gasteiger partial charge < -0.3 is 4.90 Å². The van der Waals surface area contributed by atoms with E-state index in [2.05, 4.69) is 41.2 Å². The van der Waals surface area contributed by atoms with E-state index in [-0.39, 0.29) is 0 Å². The molecule has 0 saturated carbocycles. The van der Waals surface area contributed by atoms with Gasteiger partial charge in [-0.15, -0.1) is 5.11 Å². The Labute approximate surface area is 109 Å². The molecule has 1 heterocycles. The Morgan fingerprint density at radius 1 is 1.06 bits per heavy atom. The molecule has 1 fully saturated rings. The average Bonchev–Trinajstić information content (AvgIpc) is 2.92. The zero-order valence-corrected chi connectivity index (χ0v) is 11.3. The fourth-order valence-corrected chi connectivity index (χ4v) is 2.22. The molecule has 0 aliphatic carbocycles. The van der Waals surface area contributed by atoms with Gasteiger partial charge in [0.2, 0.25) is 0 Å². The van der Waals surface area contributed by atoms with Gasteiger partial charge in [-0.25, -0.2) is 0 Å². The van der Waals surface area contributed by atoms with Crippen molar-refractivity contribution in [3.8, 4) is 0 Å². The summed E-state index contributed by atoms with van der Waals surface area (Å²) in [6.07, 6.45) is 2.47. The van der Waals surface area contributed by atoms with Crippen molar-refractivity contribution in [2.75, 3.05) is 31.1 Å². The van der Waals surface area contributed by atoms with Crippen molar-refractivity contribution in [2.24, 2.45) is 10.3 Å². The van der Waals surface area contributed by atoms with Crippen LogP contribution in [-0.2, 0) is 0 Å². The molecule has 1 aromatic carbocycles. The van der Waals surface area contributed by atoms with E-state index in [0.29, 0.717) is 0 Å². The molecule has 1 aliphatic rings. The van der Waals surface area contributed by atoms with Crippen LogP contribution in [-0.4, -0.2) is 31.2 Å². The maximum absolute atomic E-state index is 4.27. The summed E-state index contributed by atoms with van der Waals surface area (Å²) < 4.78 is 0. The molecule has 0 bridgehead atoms. The Kier molecular flexibility index (Phi) is 4.56. The maximum Gasteiger partial charge on any atom is 0.0875 e. The number of hydrogen-bond donors (Lipinski definition) is 0. The van der Waals surface area contributed by atoms with Gasteiger partial charge in [0.15, 0.2) is 0 Å². The highest BCUT2D eigenvalue weighted by Crippen LogP contribution is 2.20. The lowest BCUT2D eigenvalue weighted by Crippen LogP contribution is -2.21. The van der Waals surface area contributed by atoms with Crippen LogP contribution in [0.3, 0.4) is 0 Å². The number of rotatable bonds is 5. The lowest BCUT2D eigenvalue weighted by Gasteiger charge is -2.20. The highest BCUT2D eigenvalue weighted by Gasteiger charge is 2.08. The fourth-order valence-electron chi connectivity index (χ4n) is 2.22. The second-order valence-electron chi connectivity index (χ2n) is 4.54. The first kappa shape index (κ1) is 12.9. The third kappa shape index (κ3) is 3.22. The molecular formula is C14H22N4. The topological polar surface area (TPSA) is 31.2 Å². The number of benzene rings is 1. The number of anilines is 1. The Hall–Kier alpha value is -1.58. The normalized spacial score (nSPS) is 15.6. The van der Waals surface area contributed by atoms with Gasteiger partial charge in [-0.2, -0.15) is 0 Å². The van der Waals surface area contributed by atoms with Crippen molar-refractivity contribution in [1.82, 2.24) is 5.01 Å². The Morgan fingerprint density at radius 2 is 1.67 bits per heavy atom. The van der Waals surface area contributed by atoms with E-state index in [9.17, 15) is 0 Å². The molecule has 0 aromatic heterocycles. The molecule has 4 heteroatoms. The monoisotopic (exact) mass is 246 g/mol. The quantitative estimate of drug-likeness (QED) is 0.743. The van der Waals surface area contributed by atoms with Crippen LogP contribution >= 0.6 is 0 Å². The Morgan fingerprint density at radius 3 is 2.22 bits per heavy atom. The Bertz CT molecular complexity index is 375. The minimum atomic E-state index is 0.929. The smallest absolute Gasteiger partial charge is 0.0875 e. The lowest BCUT2D eigenvalue weighted by atomic mass is 10.2. The van der Waals surface area contributed by atoms with Crippen molar-refractivity contribution in [2.45, 2.75) is 26.7 Å². The molecule has 1 aliphatic heterocycles. The van der Waals surface area contributed by atoms with Gasteiger partial charge >= 0.3 is 0 Å². The van der Waals surface area contributed by atoms with Crippen molar-refractivity contribution < 1.29 is 0 Å². The second kappa shape index (κ2) is 6.38. The zero-order chi connectivity index (χ0) is 12.8. The van der Waals surface area contributed by atoms with Crippen LogP contribution in [0.1, 0.15) is 26.7 Å². The van der Waals surface area contributed by atoms with Crippen molar-refractivity contribution in [1.29, 1.82) is 0 Å². The zero-order valence-electron chi connectivity index (χ0n) is 11.3. The van der Waals surface area contributed by atoms with Gasteiger partial charge in [0.05, 0.1) is 5.69 Å². The maximum atomic E-state index is 4.27. The van der Waals surface area contributed by atoms with Crippen LogP contribution in [0, 0.1) is 0 Å². The minimum absolute atomic E-state index is 0.929. The van der Waals surface area contributed by atoms with Crippen LogP contribution in [0.15, 0.2) is 34.6 Å². The fraction of sp³-hybridized carbons (Fsp3) is 0.571. The summed E-state index contributed by atoms with van der Waals surface area (Å²) in [5.41, 5.74) is 2.18. The summed E-state index contributed by atoms with van der Waals surface area (Å²) in [6, 6.07) is 8.30. The molecule has 1 aromatic rings. The Balaban J connectivity index is 1.98. The molecule has 0 radical (unpaired) electrons. The molecular weight excluding hydrogens is 224 g/mol. The minimum Gasteiger partial charge on any atom is -0.372 e. The molecule has 0 atom stereocenters. The van der Waals surface area contributed by atoms with Crippen LogP contribution in [0.2, 0.25) is 0 Å². The summed E-state index contributed by atoms with van der Waals surface area (Å²) in [5, 5.41) is 10.6. The van der Waals surface area contributed by atoms with Crippen molar-refractivity contribution in [3.63, 3.8) is 0 Å². The van der Waals surface area contributed by atoms with Gasteiger partial charge in [-0.1, -0.05) is 5.22 Å². The summed E-state index contributed by atoms with van der Waals surface area (Å²) in [5.74, 6) is 0. The van der Waals surface area contributed by atoms with Crippen molar-refractivity contribution in [3.05, 3.63) is 24.3 Å². The molecule has 2 rings (SSSR count). The molecule has 4 nitrogen and oxygen atoms in total. The van der Waals surface area contributed by atoms with E-state index < -0.39 is 0 Å². The first-order valence-electron chi connectivity index (χ1n) is 6.85. The van der Waals surface area contributed by atoms with E-state index in [1.165, 1.54) is 18.5 Å². The van der Waals surface area contributed by atoms with Crippen LogP contribution in [0.5, 0.6) is 0 Å². The van der Waals surface area contributed by atoms with Gasteiger partial charge in [-0.05, 0) is 51.0 Å². The predicted octanol–water partition coefficient (Wildman–Crippen LogP) is 3.63. The molecule has 0 N–H and O–H groups in total. The summed E-state index contributed by atoms with van der Waals surface area (Å²) in [6.45, 7) is 8.49. The third-order valence-electron chi connectivity index (χ3n) is 3.35. The van der Waals surface area contributed by atoms with Gasteiger partial charge in [0.1, 0.15) is 0 Å². The first-order chi connectivity index (χ1) is 8.83. The second-order valence-corrected chi connectivity index (χ2v) is 4.54. The third-order valence-corrected chi connectivity index (χ3v) is 3.35.